The lowest BCUT2D eigenvalue weighted by atomic mass is 10.0. The summed E-state index contributed by atoms with van der Waals surface area (Å²) < 4.78 is 29.0. The van der Waals surface area contributed by atoms with E-state index < -0.39 is 35.4 Å². The highest BCUT2D eigenvalue weighted by Crippen LogP contribution is 2.21. The van der Waals surface area contributed by atoms with Gasteiger partial charge >= 0.3 is 18.0 Å². The number of rotatable bonds is 8. The van der Waals surface area contributed by atoms with E-state index in [4.69, 9.17) is 14.2 Å². The van der Waals surface area contributed by atoms with E-state index in [0.29, 0.717) is 12.2 Å². The van der Waals surface area contributed by atoms with Crippen LogP contribution in [0.1, 0.15) is 34.1 Å². The van der Waals surface area contributed by atoms with E-state index in [2.05, 4.69) is 10.6 Å². The Bertz CT molecular complexity index is 804. The summed E-state index contributed by atoms with van der Waals surface area (Å²) in [4.78, 5) is 36.7. The van der Waals surface area contributed by atoms with E-state index in [9.17, 15) is 18.8 Å². The fourth-order valence-electron chi connectivity index (χ4n) is 2.73. The average molecular weight is 408 g/mol. The molecule has 2 rings (SSSR count). The van der Waals surface area contributed by atoms with Crippen LogP contribution in [0.4, 0.5) is 9.18 Å². The summed E-state index contributed by atoms with van der Waals surface area (Å²) in [7, 11) is 0. The zero-order chi connectivity index (χ0) is 21.6. The number of amides is 2. The first-order chi connectivity index (χ1) is 13.7. The Labute approximate surface area is 168 Å². The molecule has 158 valence electrons. The van der Waals surface area contributed by atoms with Crippen LogP contribution >= 0.6 is 0 Å². The van der Waals surface area contributed by atoms with Gasteiger partial charge in [0.25, 0.3) is 0 Å². The molecule has 2 amide bonds. The smallest absolute Gasteiger partial charge is 0.350 e. The molecule has 0 fully saturated rings. The molecule has 1 aromatic carbocycles. The van der Waals surface area contributed by atoms with Gasteiger partial charge < -0.3 is 24.8 Å². The van der Waals surface area contributed by atoms with Crippen LogP contribution in [0.2, 0.25) is 0 Å². The summed E-state index contributed by atoms with van der Waals surface area (Å²) in [5.74, 6) is -1.46. The van der Waals surface area contributed by atoms with Crippen LogP contribution in [0.5, 0.6) is 5.75 Å². The first-order valence-corrected chi connectivity index (χ1v) is 9.27. The molecule has 8 nitrogen and oxygen atoms in total. The van der Waals surface area contributed by atoms with Crippen LogP contribution in [0, 0.1) is 5.82 Å². The van der Waals surface area contributed by atoms with Crippen molar-refractivity contribution >= 4 is 18.0 Å². The lowest BCUT2D eigenvalue weighted by Crippen LogP contribution is -2.51. The zero-order valence-electron chi connectivity index (χ0n) is 16.8. The fourth-order valence-corrected chi connectivity index (χ4v) is 2.73. The Balaban J connectivity index is 2.14. The van der Waals surface area contributed by atoms with Crippen molar-refractivity contribution in [3.63, 3.8) is 0 Å². The highest BCUT2D eigenvalue weighted by Gasteiger charge is 2.35. The lowest BCUT2D eigenvalue weighted by molar-refractivity contribution is -0.158. The van der Waals surface area contributed by atoms with Crippen LogP contribution in [0.3, 0.4) is 0 Å². The topological polar surface area (TPSA) is 103 Å². The first-order valence-electron chi connectivity index (χ1n) is 9.27. The molecule has 0 aromatic heterocycles. The average Bonchev–Trinajstić information content (AvgIpc) is 2.67. The van der Waals surface area contributed by atoms with Crippen molar-refractivity contribution in [2.45, 2.75) is 45.8 Å². The second-order valence-corrected chi connectivity index (χ2v) is 6.81. The summed E-state index contributed by atoms with van der Waals surface area (Å²) in [6.07, 6.45) is 0.457. The van der Waals surface area contributed by atoms with Gasteiger partial charge in [-0.3, -0.25) is 0 Å². The standard InChI is InChI=1S/C20H25FN2O6/c1-5-14-16(17(24)27-6-2)15(23-19(26)22-14)11-28-18(25)20(3,4)29-13-9-7-12(21)8-10-13/h7-10,14H,5-6,11H2,1-4H3,(H2,22,23,26)/t14-/m0/s1. The minimum atomic E-state index is -1.39. The van der Waals surface area contributed by atoms with E-state index in [1.807, 2.05) is 0 Å². The number of benzene rings is 1. The predicted molar refractivity (Wildman–Crippen MR) is 101 cm³/mol. The van der Waals surface area contributed by atoms with E-state index in [1.54, 1.807) is 13.8 Å². The SMILES string of the molecule is CCOC(=O)C1=C(COC(=O)C(C)(C)Oc2ccc(F)cc2)NC(=O)N[C@H]1CC. The highest BCUT2D eigenvalue weighted by atomic mass is 19.1. The summed E-state index contributed by atoms with van der Waals surface area (Å²) in [6, 6.07) is 4.15. The highest BCUT2D eigenvalue weighted by molar-refractivity contribution is 5.95. The molecule has 1 aliphatic heterocycles. The molecule has 29 heavy (non-hydrogen) atoms. The van der Waals surface area contributed by atoms with Gasteiger partial charge in [0.1, 0.15) is 18.2 Å². The van der Waals surface area contributed by atoms with Crippen molar-refractivity contribution < 1.29 is 33.0 Å². The molecule has 0 bridgehead atoms. The van der Waals surface area contributed by atoms with E-state index >= 15 is 0 Å². The van der Waals surface area contributed by atoms with E-state index in [1.165, 1.54) is 38.1 Å². The molecule has 0 aliphatic carbocycles. The summed E-state index contributed by atoms with van der Waals surface area (Å²) in [5, 5.41) is 5.14. The van der Waals surface area contributed by atoms with Gasteiger partial charge in [0, 0.05) is 0 Å². The van der Waals surface area contributed by atoms with Gasteiger partial charge in [-0.1, -0.05) is 6.92 Å². The number of ether oxygens (including phenoxy) is 3. The van der Waals surface area contributed by atoms with Crippen molar-refractivity contribution in [1.29, 1.82) is 0 Å². The van der Waals surface area contributed by atoms with Crippen LogP contribution in [-0.4, -0.2) is 42.8 Å². The number of hydrogen-bond acceptors (Lipinski definition) is 6. The van der Waals surface area contributed by atoms with Crippen LogP contribution in [0.25, 0.3) is 0 Å². The number of halogens is 1. The van der Waals surface area contributed by atoms with Gasteiger partial charge in [-0.15, -0.1) is 0 Å². The van der Waals surface area contributed by atoms with Crippen LogP contribution < -0.4 is 15.4 Å². The Hall–Kier alpha value is -3.10. The van der Waals surface area contributed by atoms with Crippen LogP contribution in [-0.2, 0) is 19.1 Å². The number of urea groups is 1. The maximum absolute atomic E-state index is 13.0. The largest absolute Gasteiger partial charge is 0.476 e. The molecule has 1 atom stereocenters. The Kier molecular flexibility index (Phi) is 7.19. The second-order valence-electron chi connectivity index (χ2n) is 6.81. The Morgan fingerprint density at radius 1 is 1.14 bits per heavy atom. The summed E-state index contributed by atoms with van der Waals surface area (Å²) in [5.41, 5.74) is -1.02. The van der Waals surface area contributed by atoms with Crippen molar-refractivity contribution in [3.05, 3.63) is 41.4 Å². The Morgan fingerprint density at radius 3 is 2.38 bits per heavy atom. The van der Waals surface area contributed by atoms with Gasteiger partial charge in [-0.2, -0.15) is 0 Å². The molecule has 0 spiro atoms. The third-order valence-corrected chi connectivity index (χ3v) is 4.17. The normalized spacial score (nSPS) is 16.6. The van der Waals surface area contributed by atoms with E-state index in [-0.39, 0.29) is 24.5 Å². The monoisotopic (exact) mass is 408 g/mol. The molecule has 0 saturated heterocycles. The molecular formula is C20H25FN2O6. The first kappa shape index (κ1) is 22.2. The maximum Gasteiger partial charge on any atom is 0.350 e. The minimum absolute atomic E-state index is 0.157. The number of carbonyl (C=O) groups excluding carboxylic acids is 3. The quantitative estimate of drug-likeness (QED) is 0.641. The third-order valence-electron chi connectivity index (χ3n) is 4.17. The maximum atomic E-state index is 13.0. The van der Waals surface area contributed by atoms with Gasteiger partial charge in [0.15, 0.2) is 5.60 Å². The molecule has 0 radical (unpaired) electrons. The van der Waals surface area contributed by atoms with Gasteiger partial charge in [0.05, 0.1) is 23.9 Å². The molecule has 9 heteroatoms. The summed E-state index contributed by atoms with van der Waals surface area (Å²) in [6.45, 7) is 6.29. The third kappa shape index (κ3) is 5.69. The van der Waals surface area contributed by atoms with Crippen molar-refractivity contribution in [3.8, 4) is 5.75 Å². The molecule has 0 saturated carbocycles. The molecule has 1 heterocycles. The molecule has 0 unspecified atom stereocenters. The summed E-state index contributed by atoms with van der Waals surface area (Å²) >= 11 is 0. The second kappa shape index (κ2) is 9.40. The zero-order valence-corrected chi connectivity index (χ0v) is 16.8. The van der Waals surface area contributed by atoms with E-state index in [0.717, 1.165) is 0 Å². The lowest BCUT2D eigenvalue weighted by Gasteiger charge is -2.29. The van der Waals surface area contributed by atoms with Crippen molar-refractivity contribution in [2.75, 3.05) is 13.2 Å². The number of carbonyl (C=O) groups is 3. The molecule has 2 N–H and O–H groups in total. The molecule has 1 aromatic rings. The fraction of sp³-hybridized carbons (Fsp3) is 0.450. The van der Waals surface area contributed by atoms with Gasteiger partial charge in [0.2, 0.25) is 0 Å². The van der Waals surface area contributed by atoms with Gasteiger partial charge in [-0.25, -0.2) is 18.8 Å². The predicted octanol–water partition coefficient (Wildman–Crippen LogP) is 2.43. The molecule has 1 aliphatic rings. The number of hydrogen-bond donors (Lipinski definition) is 2. The molecular weight excluding hydrogens is 383 g/mol. The number of esters is 2. The van der Waals surface area contributed by atoms with Crippen LogP contribution in [0.15, 0.2) is 35.5 Å². The Morgan fingerprint density at radius 2 is 1.79 bits per heavy atom. The number of nitrogens with one attached hydrogen (secondary N) is 2. The van der Waals surface area contributed by atoms with Gasteiger partial charge in [-0.05, 0) is 51.5 Å². The van der Waals surface area contributed by atoms with Crippen molar-refractivity contribution in [1.82, 2.24) is 10.6 Å². The van der Waals surface area contributed by atoms with Crippen molar-refractivity contribution in [2.24, 2.45) is 0 Å². The minimum Gasteiger partial charge on any atom is -0.476 e.